The van der Waals surface area contributed by atoms with E-state index in [9.17, 15) is 9.18 Å². The molecule has 0 radical (unpaired) electrons. The summed E-state index contributed by atoms with van der Waals surface area (Å²) in [6.45, 7) is 5.33. The van der Waals surface area contributed by atoms with Gasteiger partial charge in [0, 0.05) is 19.3 Å². The number of carbonyl (C=O) groups is 1. The minimum absolute atomic E-state index is 0.0536. The molecule has 0 unspecified atom stereocenters. The first-order valence-electron chi connectivity index (χ1n) is 6.72. The lowest BCUT2D eigenvalue weighted by atomic mass is 10.1. The molecule has 1 aromatic rings. The lowest BCUT2D eigenvalue weighted by Gasteiger charge is -2.12. The minimum atomic E-state index is -0.575. The highest BCUT2D eigenvalue weighted by molar-refractivity contribution is 5.95. The van der Waals surface area contributed by atoms with Crippen molar-refractivity contribution in [1.82, 2.24) is 10.3 Å². The van der Waals surface area contributed by atoms with Gasteiger partial charge in [-0.05, 0) is 30.7 Å². The molecule has 4 nitrogen and oxygen atoms in total. The van der Waals surface area contributed by atoms with Crippen LogP contribution in [-0.2, 0) is 0 Å². The molecule has 104 valence electrons. The number of nitrogens with one attached hydrogen (secondary N) is 2. The smallest absolute Gasteiger partial charge is 0.254 e. The molecule has 0 atom stereocenters. The molecule has 5 heteroatoms. The Kier molecular flexibility index (Phi) is 4.02. The van der Waals surface area contributed by atoms with E-state index in [0.717, 1.165) is 19.3 Å². The Morgan fingerprint density at radius 3 is 2.89 bits per heavy atom. The van der Waals surface area contributed by atoms with Gasteiger partial charge in [0.15, 0.2) is 11.6 Å². The summed E-state index contributed by atoms with van der Waals surface area (Å²) in [4.78, 5) is 15.9. The zero-order chi connectivity index (χ0) is 13.9. The molecular formula is C14H20FN3O. The first-order valence-corrected chi connectivity index (χ1v) is 6.72. The van der Waals surface area contributed by atoms with Crippen molar-refractivity contribution in [3.05, 3.63) is 23.6 Å². The van der Waals surface area contributed by atoms with Gasteiger partial charge in [-0.15, -0.1) is 0 Å². The number of nitrogens with zero attached hydrogens (tertiary/aromatic N) is 1. The Balaban J connectivity index is 2.03. The van der Waals surface area contributed by atoms with Gasteiger partial charge in [0.1, 0.15) is 0 Å². The van der Waals surface area contributed by atoms with Gasteiger partial charge in [-0.25, -0.2) is 9.37 Å². The van der Waals surface area contributed by atoms with Crippen LogP contribution in [0.1, 0.15) is 43.5 Å². The number of aromatic nitrogens is 1. The second kappa shape index (κ2) is 5.55. The summed E-state index contributed by atoms with van der Waals surface area (Å²) in [6, 6.07) is 1.41. The van der Waals surface area contributed by atoms with E-state index in [1.54, 1.807) is 0 Å². The summed E-state index contributed by atoms with van der Waals surface area (Å²) in [6.07, 6.45) is 4.57. The molecule has 1 aromatic heterocycles. The lowest BCUT2D eigenvalue weighted by Crippen LogP contribution is -2.30. The van der Waals surface area contributed by atoms with Crippen LogP contribution in [0.25, 0.3) is 0 Å². The number of carbonyl (C=O) groups excluding carboxylic acids is 1. The minimum Gasteiger partial charge on any atom is -0.368 e. The van der Waals surface area contributed by atoms with Crippen molar-refractivity contribution in [3.63, 3.8) is 0 Å². The maximum absolute atomic E-state index is 14.1. The molecule has 1 fully saturated rings. The number of hydrogen-bond acceptors (Lipinski definition) is 3. The highest BCUT2D eigenvalue weighted by Crippen LogP contribution is 2.44. The Morgan fingerprint density at radius 1 is 1.53 bits per heavy atom. The van der Waals surface area contributed by atoms with Crippen LogP contribution in [0.4, 0.5) is 10.2 Å². The zero-order valence-electron chi connectivity index (χ0n) is 11.4. The molecule has 0 aliphatic heterocycles. The van der Waals surface area contributed by atoms with Crippen LogP contribution in [0.3, 0.4) is 0 Å². The van der Waals surface area contributed by atoms with Crippen molar-refractivity contribution >= 4 is 11.7 Å². The van der Waals surface area contributed by atoms with Gasteiger partial charge in [-0.1, -0.05) is 13.8 Å². The van der Waals surface area contributed by atoms with E-state index in [4.69, 9.17) is 0 Å². The molecule has 1 aliphatic carbocycles. The normalized spacial score (nSPS) is 15.9. The van der Waals surface area contributed by atoms with E-state index in [-0.39, 0.29) is 22.7 Å². The molecule has 0 aromatic carbocycles. The van der Waals surface area contributed by atoms with Crippen molar-refractivity contribution in [2.75, 3.05) is 18.4 Å². The molecular weight excluding hydrogens is 245 g/mol. The van der Waals surface area contributed by atoms with Crippen LogP contribution in [0.5, 0.6) is 0 Å². The maximum Gasteiger partial charge on any atom is 0.254 e. The number of rotatable bonds is 6. The van der Waals surface area contributed by atoms with Crippen LogP contribution >= 0.6 is 0 Å². The van der Waals surface area contributed by atoms with E-state index >= 15 is 0 Å². The second-order valence-corrected chi connectivity index (χ2v) is 5.44. The number of pyridine rings is 1. The van der Waals surface area contributed by atoms with E-state index in [2.05, 4.69) is 22.5 Å². The van der Waals surface area contributed by atoms with Gasteiger partial charge < -0.3 is 10.6 Å². The van der Waals surface area contributed by atoms with Crippen LogP contribution < -0.4 is 10.6 Å². The van der Waals surface area contributed by atoms with Crippen LogP contribution in [0.15, 0.2) is 12.3 Å². The number of anilines is 1. The van der Waals surface area contributed by atoms with Crippen molar-refractivity contribution in [2.45, 2.75) is 33.1 Å². The van der Waals surface area contributed by atoms with Crippen molar-refractivity contribution < 1.29 is 9.18 Å². The quantitative estimate of drug-likeness (QED) is 0.831. The van der Waals surface area contributed by atoms with Gasteiger partial charge in [0.05, 0.1) is 5.56 Å². The fraction of sp³-hybridized carbons (Fsp3) is 0.571. The largest absolute Gasteiger partial charge is 0.368 e. The maximum atomic E-state index is 14.1. The molecule has 0 bridgehead atoms. The first-order chi connectivity index (χ1) is 9.06. The third-order valence-corrected chi connectivity index (χ3v) is 3.46. The van der Waals surface area contributed by atoms with Crippen LogP contribution in [0.2, 0.25) is 0 Å². The molecule has 19 heavy (non-hydrogen) atoms. The fourth-order valence-corrected chi connectivity index (χ4v) is 1.76. The van der Waals surface area contributed by atoms with Crippen molar-refractivity contribution in [1.29, 1.82) is 0 Å². The molecule has 1 saturated carbocycles. The third kappa shape index (κ3) is 3.43. The van der Waals surface area contributed by atoms with Gasteiger partial charge >= 0.3 is 0 Å². The predicted molar refractivity (Wildman–Crippen MR) is 72.6 cm³/mol. The summed E-state index contributed by atoms with van der Waals surface area (Å²) in [5.41, 5.74) is 0.264. The zero-order valence-corrected chi connectivity index (χ0v) is 11.4. The monoisotopic (exact) mass is 265 g/mol. The van der Waals surface area contributed by atoms with Crippen LogP contribution in [0, 0.1) is 11.2 Å². The third-order valence-electron chi connectivity index (χ3n) is 3.46. The van der Waals surface area contributed by atoms with Gasteiger partial charge in [-0.3, -0.25) is 4.79 Å². The van der Waals surface area contributed by atoms with Gasteiger partial charge in [0.2, 0.25) is 0 Å². The van der Waals surface area contributed by atoms with E-state index < -0.39 is 5.82 Å². The molecule has 1 amide bonds. The Bertz CT molecular complexity index is 472. The summed E-state index contributed by atoms with van der Waals surface area (Å²) in [5, 5.41) is 5.67. The average molecular weight is 265 g/mol. The average Bonchev–Trinajstić information content (AvgIpc) is 3.13. The van der Waals surface area contributed by atoms with Crippen molar-refractivity contribution in [2.24, 2.45) is 5.41 Å². The Morgan fingerprint density at radius 2 is 2.26 bits per heavy atom. The molecule has 2 rings (SSSR count). The molecule has 1 heterocycles. The Labute approximate surface area is 112 Å². The summed E-state index contributed by atoms with van der Waals surface area (Å²) in [5.74, 6) is -0.797. The first kappa shape index (κ1) is 13.8. The Hall–Kier alpha value is -1.65. The van der Waals surface area contributed by atoms with Gasteiger partial charge in [0.25, 0.3) is 5.91 Å². The van der Waals surface area contributed by atoms with E-state index in [0.29, 0.717) is 13.1 Å². The van der Waals surface area contributed by atoms with Crippen LogP contribution in [-0.4, -0.2) is 24.0 Å². The predicted octanol–water partition coefficient (Wildman–Crippen LogP) is 2.57. The standard InChI is InChI=1S/C14H20FN3O/c1-3-7-16-12-11(15)10(4-8-17-12)13(19)18-9-14(2)5-6-14/h4,8H,3,5-7,9H2,1-2H3,(H,16,17)(H,18,19). The molecule has 0 saturated heterocycles. The highest BCUT2D eigenvalue weighted by atomic mass is 19.1. The number of amides is 1. The van der Waals surface area contributed by atoms with E-state index in [1.807, 2.05) is 6.92 Å². The summed E-state index contributed by atoms with van der Waals surface area (Å²) < 4.78 is 14.1. The second-order valence-electron chi connectivity index (χ2n) is 5.44. The van der Waals surface area contributed by atoms with E-state index in [1.165, 1.54) is 12.3 Å². The SMILES string of the molecule is CCCNc1nccc(C(=O)NCC2(C)CC2)c1F. The lowest BCUT2D eigenvalue weighted by molar-refractivity contribution is 0.0942. The molecule has 2 N–H and O–H groups in total. The molecule has 1 aliphatic rings. The van der Waals surface area contributed by atoms with Crippen molar-refractivity contribution in [3.8, 4) is 0 Å². The topological polar surface area (TPSA) is 54.0 Å². The molecule has 0 spiro atoms. The fourth-order valence-electron chi connectivity index (χ4n) is 1.76. The van der Waals surface area contributed by atoms with Gasteiger partial charge in [-0.2, -0.15) is 0 Å². The summed E-state index contributed by atoms with van der Waals surface area (Å²) in [7, 11) is 0. The highest BCUT2D eigenvalue weighted by Gasteiger charge is 2.37. The number of hydrogen-bond donors (Lipinski definition) is 2. The number of halogens is 1. The summed E-state index contributed by atoms with van der Waals surface area (Å²) >= 11 is 0.